The first-order chi connectivity index (χ1) is 10.4. The number of aliphatic carboxylic acids is 1. The van der Waals surface area contributed by atoms with Crippen molar-refractivity contribution in [2.75, 3.05) is 13.4 Å². The number of sulfonamides is 1. The number of hydrogen-bond acceptors (Lipinski definition) is 6. The normalized spacial score (nSPS) is 13.8. The minimum absolute atomic E-state index is 0.0854. The molecule has 2 N–H and O–H groups in total. The second kappa shape index (κ2) is 6.85. The lowest BCUT2D eigenvalue weighted by Crippen LogP contribution is -2.44. The van der Waals surface area contributed by atoms with Crippen LogP contribution >= 0.6 is 0 Å². The van der Waals surface area contributed by atoms with Crippen molar-refractivity contribution in [3.63, 3.8) is 0 Å². The van der Waals surface area contributed by atoms with Crippen molar-refractivity contribution < 1.29 is 31.5 Å². The van der Waals surface area contributed by atoms with Crippen LogP contribution in [0.2, 0.25) is 0 Å². The Morgan fingerprint density at radius 1 is 1.22 bits per heavy atom. The molecule has 0 amide bonds. The van der Waals surface area contributed by atoms with Crippen LogP contribution in [0.4, 0.5) is 0 Å². The maximum Gasteiger partial charge on any atom is 0.322 e. The van der Waals surface area contributed by atoms with Gasteiger partial charge in [0.2, 0.25) is 10.0 Å². The summed E-state index contributed by atoms with van der Waals surface area (Å²) in [6, 6.07) is 2.00. The Bertz CT molecular complexity index is 798. The minimum atomic E-state index is -4.30. The zero-order valence-electron chi connectivity index (χ0n) is 13.1. The SMILES string of the molecule is COc1ccc(S(C)(=O)=O)cc1S(=O)(=O)N[C@@H](C(=O)O)C(C)C. The quantitative estimate of drug-likeness (QED) is 0.719. The zero-order chi connectivity index (χ0) is 18.0. The van der Waals surface area contributed by atoms with Crippen LogP contribution in [0.15, 0.2) is 28.0 Å². The molecule has 1 aromatic carbocycles. The van der Waals surface area contributed by atoms with Gasteiger partial charge in [-0.1, -0.05) is 13.8 Å². The number of rotatable bonds is 7. The number of carboxylic acid groups (broad SMARTS) is 1. The first-order valence-corrected chi connectivity index (χ1v) is 9.91. The molecule has 0 aliphatic carbocycles. The molecule has 0 spiro atoms. The number of ether oxygens (including phenoxy) is 1. The third-order valence-corrected chi connectivity index (χ3v) is 5.64. The number of nitrogens with one attached hydrogen (secondary N) is 1. The van der Waals surface area contributed by atoms with Gasteiger partial charge in [-0.3, -0.25) is 4.79 Å². The number of hydrogen-bond donors (Lipinski definition) is 2. The highest BCUT2D eigenvalue weighted by molar-refractivity contribution is 7.91. The van der Waals surface area contributed by atoms with Gasteiger partial charge in [-0.2, -0.15) is 4.72 Å². The van der Waals surface area contributed by atoms with Crippen molar-refractivity contribution >= 4 is 25.8 Å². The summed E-state index contributed by atoms with van der Waals surface area (Å²) < 4.78 is 55.1. The van der Waals surface area contributed by atoms with E-state index in [1.807, 2.05) is 0 Å². The standard InChI is InChI=1S/C13H19NO7S2/c1-8(2)12(13(15)16)14-23(19,20)11-7-9(22(4,17)18)5-6-10(11)21-3/h5-8,12,14H,1-4H3,(H,15,16)/t12-/m1/s1. The van der Waals surface area contributed by atoms with E-state index < -0.39 is 42.7 Å². The number of carboxylic acids is 1. The monoisotopic (exact) mass is 365 g/mol. The van der Waals surface area contributed by atoms with Crippen LogP contribution in [0.3, 0.4) is 0 Å². The van der Waals surface area contributed by atoms with E-state index in [9.17, 15) is 21.6 Å². The van der Waals surface area contributed by atoms with Crippen molar-refractivity contribution in [3.05, 3.63) is 18.2 Å². The third-order valence-electron chi connectivity index (χ3n) is 3.07. The molecule has 1 rings (SSSR count). The van der Waals surface area contributed by atoms with E-state index in [0.29, 0.717) is 0 Å². The molecule has 0 saturated carbocycles. The highest BCUT2D eigenvalue weighted by Gasteiger charge is 2.30. The summed E-state index contributed by atoms with van der Waals surface area (Å²) in [7, 11) is -6.70. The lowest BCUT2D eigenvalue weighted by Gasteiger charge is -2.19. The Morgan fingerprint density at radius 2 is 1.78 bits per heavy atom. The van der Waals surface area contributed by atoms with Crippen molar-refractivity contribution in [1.29, 1.82) is 0 Å². The molecule has 0 saturated heterocycles. The lowest BCUT2D eigenvalue weighted by atomic mass is 10.1. The molecule has 1 aromatic rings. The van der Waals surface area contributed by atoms with Crippen LogP contribution in [0.5, 0.6) is 5.75 Å². The van der Waals surface area contributed by atoms with Gasteiger partial charge in [-0.15, -0.1) is 0 Å². The summed E-state index contributed by atoms with van der Waals surface area (Å²) in [5.74, 6) is -1.93. The van der Waals surface area contributed by atoms with Crippen LogP contribution in [-0.2, 0) is 24.7 Å². The van der Waals surface area contributed by atoms with E-state index in [0.717, 1.165) is 12.3 Å². The second-order valence-electron chi connectivity index (χ2n) is 5.27. The van der Waals surface area contributed by atoms with Gasteiger partial charge >= 0.3 is 5.97 Å². The summed E-state index contributed by atoms with van der Waals surface area (Å²) in [5.41, 5.74) is 0. The summed E-state index contributed by atoms with van der Waals surface area (Å²) in [6.07, 6.45) is 0.937. The Morgan fingerprint density at radius 3 is 2.17 bits per heavy atom. The van der Waals surface area contributed by atoms with Crippen LogP contribution in [0.25, 0.3) is 0 Å². The molecule has 0 fully saturated rings. The van der Waals surface area contributed by atoms with E-state index in [2.05, 4.69) is 4.72 Å². The molecule has 130 valence electrons. The van der Waals surface area contributed by atoms with Crippen LogP contribution in [0.1, 0.15) is 13.8 Å². The van der Waals surface area contributed by atoms with Gasteiger partial charge < -0.3 is 9.84 Å². The van der Waals surface area contributed by atoms with E-state index in [1.54, 1.807) is 13.8 Å². The number of benzene rings is 1. The van der Waals surface area contributed by atoms with Gasteiger partial charge in [0.15, 0.2) is 9.84 Å². The summed E-state index contributed by atoms with van der Waals surface area (Å²) in [6.45, 7) is 3.09. The van der Waals surface area contributed by atoms with Crippen LogP contribution in [-0.4, -0.2) is 47.3 Å². The molecule has 0 bridgehead atoms. The molecule has 8 nitrogen and oxygen atoms in total. The van der Waals surface area contributed by atoms with E-state index in [4.69, 9.17) is 9.84 Å². The fraction of sp³-hybridized carbons (Fsp3) is 0.462. The number of methoxy groups -OCH3 is 1. The summed E-state index contributed by atoms with van der Waals surface area (Å²) in [5, 5.41) is 9.11. The Balaban J connectivity index is 3.45. The molecule has 0 aromatic heterocycles. The second-order valence-corrected chi connectivity index (χ2v) is 8.96. The predicted octanol–water partition coefficient (Wildman–Crippen LogP) is 0.486. The molecule has 0 aliphatic rings. The largest absolute Gasteiger partial charge is 0.495 e. The van der Waals surface area contributed by atoms with Crippen molar-refractivity contribution in [1.82, 2.24) is 4.72 Å². The topological polar surface area (TPSA) is 127 Å². The molecule has 1 atom stereocenters. The fourth-order valence-electron chi connectivity index (χ4n) is 1.80. The van der Waals surface area contributed by atoms with Crippen molar-refractivity contribution in [2.24, 2.45) is 5.92 Å². The molecule has 23 heavy (non-hydrogen) atoms. The summed E-state index contributed by atoms with van der Waals surface area (Å²) >= 11 is 0. The molecular weight excluding hydrogens is 346 g/mol. The first-order valence-electron chi connectivity index (χ1n) is 6.53. The van der Waals surface area contributed by atoms with Gasteiger partial charge in [0.25, 0.3) is 0 Å². The zero-order valence-corrected chi connectivity index (χ0v) is 14.7. The van der Waals surface area contributed by atoms with Gasteiger partial charge in [0, 0.05) is 6.26 Å². The molecule has 10 heteroatoms. The van der Waals surface area contributed by atoms with Crippen molar-refractivity contribution in [3.8, 4) is 5.75 Å². The van der Waals surface area contributed by atoms with Gasteiger partial charge in [-0.05, 0) is 24.1 Å². The third kappa shape index (κ3) is 4.66. The van der Waals surface area contributed by atoms with Crippen molar-refractivity contribution in [2.45, 2.75) is 29.7 Å². The average molecular weight is 365 g/mol. The molecule has 0 unspecified atom stereocenters. The van der Waals surface area contributed by atoms with E-state index in [-0.39, 0.29) is 10.6 Å². The van der Waals surface area contributed by atoms with Gasteiger partial charge in [-0.25, -0.2) is 16.8 Å². The maximum atomic E-state index is 12.5. The van der Waals surface area contributed by atoms with E-state index in [1.165, 1.54) is 19.2 Å². The highest BCUT2D eigenvalue weighted by atomic mass is 32.2. The molecule has 0 heterocycles. The first kappa shape index (κ1) is 19.4. The smallest absolute Gasteiger partial charge is 0.322 e. The Labute approximate surface area is 135 Å². The molecular formula is C13H19NO7S2. The summed E-state index contributed by atoms with van der Waals surface area (Å²) in [4.78, 5) is 10.5. The fourth-order valence-corrected chi connectivity index (χ4v) is 4.05. The minimum Gasteiger partial charge on any atom is -0.495 e. The van der Waals surface area contributed by atoms with Gasteiger partial charge in [0.1, 0.15) is 16.7 Å². The van der Waals surface area contributed by atoms with E-state index >= 15 is 0 Å². The van der Waals surface area contributed by atoms with Gasteiger partial charge in [0.05, 0.1) is 12.0 Å². The average Bonchev–Trinajstić information content (AvgIpc) is 2.42. The molecule has 0 aliphatic heterocycles. The Hall–Kier alpha value is -1.65. The maximum absolute atomic E-state index is 12.5. The number of carbonyl (C=O) groups is 1. The van der Waals surface area contributed by atoms with Crippen LogP contribution in [0, 0.1) is 5.92 Å². The Kier molecular flexibility index (Phi) is 5.78. The lowest BCUT2D eigenvalue weighted by molar-refractivity contribution is -0.140. The van der Waals surface area contributed by atoms with Crippen LogP contribution < -0.4 is 9.46 Å². The molecule has 0 radical (unpaired) electrons. The highest BCUT2D eigenvalue weighted by Crippen LogP contribution is 2.27. The predicted molar refractivity (Wildman–Crippen MR) is 82.7 cm³/mol. The number of sulfone groups is 1.